The van der Waals surface area contributed by atoms with Gasteiger partial charge in [0, 0.05) is 25.6 Å². The van der Waals surface area contributed by atoms with Crippen molar-refractivity contribution in [2.24, 2.45) is 5.92 Å². The molecule has 0 aromatic rings. The molecular formula is C10H20ClNO2. The first kappa shape index (κ1) is 12.2. The predicted octanol–water partition coefficient (Wildman–Crippen LogP) is 0.946. The van der Waals surface area contributed by atoms with E-state index in [1.807, 2.05) is 0 Å². The number of likely N-dealkylation sites (tertiary alicyclic amines) is 1. The first-order valence-electron chi connectivity index (χ1n) is 5.33. The molecule has 1 aliphatic heterocycles. The fourth-order valence-electron chi connectivity index (χ4n) is 1.88. The average Bonchev–Trinajstić information content (AvgIpc) is 2.61. The van der Waals surface area contributed by atoms with Crippen molar-refractivity contribution < 1.29 is 9.84 Å². The Hall–Kier alpha value is 0.170. The lowest BCUT2D eigenvalue weighted by Crippen LogP contribution is -2.25. The van der Waals surface area contributed by atoms with Gasteiger partial charge in [-0.25, -0.2) is 0 Å². The molecule has 1 aliphatic rings. The van der Waals surface area contributed by atoms with Gasteiger partial charge in [0.05, 0.1) is 13.2 Å². The first-order chi connectivity index (χ1) is 6.86. The lowest BCUT2D eigenvalue weighted by Gasteiger charge is -2.15. The zero-order chi connectivity index (χ0) is 10.2. The summed E-state index contributed by atoms with van der Waals surface area (Å²) in [6.45, 7) is 5.01. The van der Waals surface area contributed by atoms with Crippen molar-refractivity contribution in [2.45, 2.75) is 12.8 Å². The fourth-order valence-corrected chi connectivity index (χ4v) is 1.99. The van der Waals surface area contributed by atoms with Crippen LogP contribution in [0.15, 0.2) is 0 Å². The van der Waals surface area contributed by atoms with Gasteiger partial charge >= 0.3 is 0 Å². The zero-order valence-electron chi connectivity index (χ0n) is 8.62. The highest BCUT2D eigenvalue weighted by molar-refractivity contribution is 6.17. The molecule has 0 amide bonds. The van der Waals surface area contributed by atoms with Gasteiger partial charge in [-0.1, -0.05) is 0 Å². The van der Waals surface area contributed by atoms with Gasteiger partial charge < -0.3 is 14.7 Å². The minimum Gasteiger partial charge on any atom is -0.396 e. The normalized spacial score (nSPS) is 23.1. The van der Waals surface area contributed by atoms with E-state index < -0.39 is 0 Å². The number of hydrogen-bond donors (Lipinski definition) is 1. The van der Waals surface area contributed by atoms with Crippen molar-refractivity contribution in [2.75, 3.05) is 45.3 Å². The minimum atomic E-state index is 0.321. The number of hydrogen-bond acceptors (Lipinski definition) is 3. The molecule has 1 fully saturated rings. The maximum Gasteiger partial charge on any atom is 0.0602 e. The van der Waals surface area contributed by atoms with Gasteiger partial charge in [0.1, 0.15) is 0 Å². The van der Waals surface area contributed by atoms with Crippen LogP contribution in [-0.2, 0) is 4.74 Å². The summed E-state index contributed by atoms with van der Waals surface area (Å²) in [7, 11) is 0. The van der Waals surface area contributed by atoms with E-state index in [-0.39, 0.29) is 0 Å². The van der Waals surface area contributed by atoms with E-state index in [1.165, 1.54) is 6.42 Å². The highest BCUT2D eigenvalue weighted by Gasteiger charge is 2.21. The molecule has 0 saturated carbocycles. The lowest BCUT2D eigenvalue weighted by atomic mass is 10.1. The highest BCUT2D eigenvalue weighted by Crippen LogP contribution is 2.18. The van der Waals surface area contributed by atoms with Crippen LogP contribution in [0.1, 0.15) is 12.8 Å². The average molecular weight is 222 g/mol. The molecule has 0 aliphatic carbocycles. The quantitative estimate of drug-likeness (QED) is 0.513. The number of ether oxygens (including phenoxy) is 1. The van der Waals surface area contributed by atoms with Crippen LogP contribution in [0.3, 0.4) is 0 Å². The number of alkyl halides is 1. The van der Waals surface area contributed by atoms with E-state index >= 15 is 0 Å². The number of halogens is 1. The lowest BCUT2D eigenvalue weighted by molar-refractivity contribution is 0.121. The molecule has 3 nitrogen and oxygen atoms in total. The van der Waals surface area contributed by atoms with Gasteiger partial charge in [0.25, 0.3) is 0 Å². The molecule has 1 saturated heterocycles. The molecule has 0 spiro atoms. The van der Waals surface area contributed by atoms with Crippen LogP contribution < -0.4 is 0 Å². The van der Waals surface area contributed by atoms with Gasteiger partial charge in [0.2, 0.25) is 0 Å². The van der Waals surface area contributed by atoms with Crippen molar-refractivity contribution in [3.05, 3.63) is 0 Å². The second kappa shape index (κ2) is 7.46. The summed E-state index contributed by atoms with van der Waals surface area (Å²) in [5.74, 6) is 1.26. The third kappa shape index (κ3) is 4.60. The third-order valence-corrected chi connectivity index (χ3v) is 2.83. The van der Waals surface area contributed by atoms with Crippen LogP contribution in [0.5, 0.6) is 0 Å². The third-order valence-electron chi connectivity index (χ3n) is 2.68. The monoisotopic (exact) mass is 221 g/mol. The van der Waals surface area contributed by atoms with Crippen molar-refractivity contribution in [3.63, 3.8) is 0 Å². The van der Waals surface area contributed by atoms with Crippen LogP contribution in [0.2, 0.25) is 0 Å². The van der Waals surface area contributed by atoms with Crippen LogP contribution in [0.4, 0.5) is 0 Å². The molecule has 0 bridgehead atoms. The summed E-state index contributed by atoms with van der Waals surface area (Å²) in [5.41, 5.74) is 0. The molecule has 0 aromatic heterocycles. The summed E-state index contributed by atoms with van der Waals surface area (Å²) in [4.78, 5) is 2.40. The minimum absolute atomic E-state index is 0.321. The Morgan fingerprint density at radius 1 is 1.43 bits per heavy atom. The number of rotatable bonds is 7. The van der Waals surface area contributed by atoms with Gasteiger partial charge in [-0.05, 0) is 25.3 Å². The maximum atomic E-state index is 8.80. The van der Waals surface area contributed by atoms with E-state index in [9.17, 15) is 0 Å². The van der Waals surface area contributed by atoms with Crippen LogP contribution in [-0.4, -0.2) is 55.3 Å². The summed E-state index contributed by atoms with van der Waals surface area (Å²) in [6, 6.07) is 0. The smallest absolute Gasteiger partial charge is 0.0602 e. The molecule has 1 unspecified atom stereocenters. The molecule has 1 heterocycles. The first-order valence-corrected chi connectivity index (χ1v) is 5.87. The van der Waals surface area contributed by atoms with Crippen molar-refractivity contribution in [1.29, 1.82) is 0 Å². The van der Waals surface area contributed by atoms with Crippen molar-refractivity contribution >= 4 is 11.6 Å². The Kier molecular flexibility index (Phi) is 6.52. The molecule has 1 atom stereocenters. The second-order valence-corrected chi connectivity index (χ2v) is 4.15. The molecule has 14 heavy (non-hydrogen) atoms. The predicted molar refractivity (Wildman–Crippen MR) is 57.8 cm³/mol. The number of aliphatic hydroxyl groups excluding tert-OH is 1. The van der Waals surface area contributed by atoms with Crippen LogP contribution >= 0.6 is 11.6 Å². The Morgan fingerprint density at radius 2 is 2.29 bits per heavy atom. The van der Waals surface area contributed by atoms with Gasteiger partial charge in [-0.15, -0.1) is 11.6 Å². The summed E-state index contributed by atoms with van der Waals surface area (Å²) in [5, 5.41) is 8.80. The molecular weight excluding hydrogens is 202 g/mol. The van der Waals surface area contributed by atoms with E-state index in [4.69, 9.17) is 21.4 Å². The van der Waals surface area contributed by atoms with Crippen LogP contribution in [0.25, 0.3) is 0 Å². The SMILES string of the molecule is OCCC1CCN(CCOCCCl)C1. The summed E-state index contributed by atoms with van der Waals surface area (Å²) in [6.07, 6.45) is 2.16. The maximum absolute atomic E-state index is 8.80. The Morgan fingerprint density at radius 3 is 3.00 bits per heavy atom. The van der Waals surface area contributed by atoms with E-state index in [0.717, 1.165) is 32.7 Å². The topological polar surface area (TPSA) is 32.7 Å². The van der Waals surface area contributed by atoms with Gasteiger partial charge in [0.15, 0.2) is 0 Å². The summed E-state index contributed by atoms with van der Waals surface area (Å²) < 4.78 is 5.32. The second-order valence-electron chi connectivity index (χ2n) is 3.77. The standard InChI is InChI=1S/C10H20ClNO2/c11-3-7-14-8-5-12-4-1-10(9-12)2-6-13/h10,13H,1-9H2. The molecule has 4 heteroatoms. The number of aliphatic hydroxyl groups is 1. The fraction of sp³-hybridized carbons (Fsp3) is 1.00. The molecule has 0 radical (unpaired) electrons. The van der Waals surface area contributed by atoms with Gasteiger partial charge in [-0.2, -0.15) is 0 Å². The van der Waals surface area contributed by atoms with E-state index in [2.05, 4.69) is 4.90 Å². The van der Waals surface area contributed by atoms with Crippen molar-refractivity contribution in [3.8, 4) is 0 Å². The molecule has 0 aromatic carbocycles. The Balaban J connectivity index is 1.98. The Labute approximate surface area is 91.0 Å². The zero-order valence-corrected chi connectivity index (χ0v) is 9.38. The largest absolute Gasteiger partial charge is 0.396 e. The molecule has 84 valence electrons. The van der Waals surface area contributed by atoms with Crippen LogP contribution in [0, 0.1) is 5.92 Å². The molecule has 1 rings (SSSR count). The summed E-state index contributed by atoms with van der Waals surface area (Å²) >= 11 is 5.49. The number of nitrogens with zero attached hydrogens (tertiary/aromatic N) is 1. The van der Waals surface area contributed by atoms with Crippen molar-refractivity contribution in [1.82, 2.24) is 4.90 Å². The van der Waals surface area contributed by atoms with E-state index in [1.54, 1.807) is 0 Å². The Bertz CT molecular complexity index is 146. The van der Waals surface area contributed by atoms with Gasteiger partial charge in [-0.3, -0.25) is 0 Å². The highest BCUT2D eigenvalue weighted by atomic mass is 35.5. The van der Waals surface area contributed by atoms with E-state index in [0.29, 0.717) is 25.0 Å². The molecule has 1 N–H and O–H groups in total.